The van der Waals surface area contributed by atoms with Gasteiger partial charge in [0.15, 0.2) is 6.10 Å². The van der Waals surface area contributed by atoms with Crippen molar-refractivity contribution in [3.05, 3.63) is 96.6 Å². The first-order valence-corrected chi connectivity index (χ1v) is 11.2. The lowest BCUT2D eigenvalue weighted by molar-refractivity contribution is -0.143. The number of benzene rings is 2. The Balaban J connectivity index is 1.35. The molecule has 1 fully saturated rings. The molecule has 166 valence electrons. The summed E-state index contributed by atoms with van der Waals surface area (Å²) in [5, 5.41) is 0. The number of hydrogen-bond donors (Lipinski definition) is 1. The molecule has 5 rings (SSSR count). The molecule has 0 bridgehead atoms. The zero-order valence-electron chi connectivity index (χ0n) is 18.5. The van der Waals surface area contributed by atoms with Crippen LogP contribution in [0.2, 0.25) is 0 Å². The van der Waals surface area contributed by atoms with Crippen molar-refractivity contribution in [2.75, 3.05) is 13.7 Å². The van der Waals surface area contributed by atoms with E-state index in [1.165, 1.54) is 0 Å². The highest BCUT2D eigenvalue weighted by Crippen LogP contribution is 2.34. The maximum atomic E-state index is 13.4. The fourth-order valence-electron chi connectivity index (χ4n) is 4.48. The van der Waals surface area contributed by atoms with E-state index < -0.39 is 6.10 Å². The van der Waals surface area contributed by atoms with Crippen LogP contribution in [-0.2, 0) is 9.53 Å². The zero-order chi connectivity index (χ0) is 22.6. The molecule has 6 heteroatoms. The molecule has 2 aromatic heterocycles. The molecular weight excluding hydrogens is 412 g/mol. The molecule has 6 nitrogen and oxygen atoms in total. The molecule has 4 aromatic rings. The monoisotopic (exact) mass is 438 g/mol. The third-order valence-electron chi connectivity index (χ3n) is 6.17. The number of carbonyl (C=O) groups excluding carboxylic acids is 1. The number of carbonyl (C=O) groups is 1. The molecule has 1 amide bonds. The first-order valence-electron chi connectivity index (χ1n) is 11.2. The van der Waals surface area contributed by atoms with E-state index in [4.69, 9.17) is 4.74 Å². The highest BCUT2D eigenvalue weighted by molar-refractivity contribution is 5.83. The second kappa shape index (κ2) is 9.38. The summed E-state index contributed by atoms with van der Waals surface area (Å²) in [4.78, 5) is 27.8. The van der Waals surface area contributed by atoms with E-state index in [-0.39, 0.29) is 11.9 Å². The molecule has 0 radical (unpaired) electrons. The van der Waals surface area contributed by atoms with Crippen LogP contribution in [0.3, 0.4) is 0 Å². The van der Waals surface area contributed by atoms with E-state index >= 15 is 0 Å². The fourth-order valence-corrected chi connectivity index (χ4v) is 4.48. The minimum Gasteiger partial charge on any atom is -0.367 e. The van der Waals surface area contributed by atoms with Gasteiger partial charge in [0.2, 0.25) is 0 Å². The van der Waals surface area contributed by atoms with Crippen LogP contribution >= 0.6 is 0 Å². The molecule has 1 aliphatic rings. The molecule has 0 aliphatic carbocycles. The van der Waals surface area contributed by atoms with Crippen molar-refractivity contribution in [1.29, 1.82) is 0 Å². The summed E-state index contributed by atoms with van der Waals surface area (Å²) in [6.45, 7) is 0.699. The number of imidazole rings is 1. The average molecular weight is 439 g/mol. The Bertz CT molecular complexity index is 1210. The Hall–Kier alpha value is -3.77. The normalized spacial score (nSPS) is 16.6. The SMILES string of the molecule is CO[C@@H](C(=O)N1CCC[C@H]1c1ncc(-c2ccc(-c3ccccn3)cc2)[nH]1)c1ccccc1. The highest BCUT2D eigenvalue weighted by Gasteiger charge is 2.36. The Morgan fingerprint density at radius 3 is 2.48 bits per heavy atom. The average Bonchev–Trinajstić information content (AvgIpc) is 3.56. The van der Waals surface area contributed by atoms with Crippen LogP contribution in [0, 0.1) is 0 Å². The molecule has 0 spiro atoms. The van der Waals surface area contributed by atoms with Gasteiger partial charge in [-0.2, -0.15) is 0 Å². The Kier molecular flexibility index (Phi) is 6.00. The molecule has 3 heterocycles. The van der Waals surface area contributed by atoms with Gasteiger partial charge in [-0.05, 0) is 36.1 Å². The number of nitrogens with zero attached hydrogens (tertiary/aromatic N) is 3. The fraction of sp³-hybridized carbons (Fsp3) is 0.222. The van der Waals surface area contributed by atoms with Crippen LogP contribution in [0.1, 0.15) is 36.4 Å². The van der Waals surface area contributed by atoms with Gasteiger partial charge < -0.3 is 14.6 Å². The van der Waals surface area contributed by atoms with Crippen molar-refractivity contribution in [3.63, 3.8) is 0 Å². The van der Waals surface area contributed by atoms with Crippen LogP contribution in [0.25, 0.3) is 22.5 Å². The number of nitrogens with one attached hydrogen (secondary N) is 1. The Morgan fingerprint density at radius 2 is 1.76 bits per heavy atom. The second-order valence-electron chi connectivity index (χ2n) is 8.19. The van der Waals surface area contributed by atoms with Crippen molar-refractivity contribution < 1.29 is 9.53 Å². The minimum atomic E-state index is -0.611. The number of rotatable bonds is 6. The number of amides is 1. The van der Waals surface area contributed by atoms with E-state index in [2.05, 4.69) is 39.2 Å². The van der Waals surface area contributed by atoms with Gasteiger partial charge in [0.1, 0.15) is 5.82 Å². The number of ether oxygens (including phenoxy) is 1. The molecule has 33 heavy (non-hydrogen) atoms. The molecule has 1 saturated heterocycles. The van der Waals surface area contributed by atoms with Crippen LogP contribution in [0.4, 0.5) is 0 Å². The topological polar surface area (TPSA) is 71.1 Å². The molecule has 2 atom stereocenters. The number of likely N-dealkylation sites (tertiary alicyclic amines) is 1. The largest absolute Gasteiger partial charge is 0.367 e. The highest BCUT2D eigenvalue weighted by atomic mass is 16.5. The Morgan fingerprint density at radius 1 is 1.00 bits per heavy atom. The third-order valence-corrected chi connectivity index (χ3v) is 6.17. The minimum absolute atomic E-state index is 0.0242. The van der Waals surface area contributed by atoms with Crippen molar-refractivity contribution in [2.24, 2.45) is 0 Å². The standard InChI is InChI=1S/C27H26N4O2/c1-33-25(21-8-3-2-4-9-21)27(32)31-17-7-11-24(31)26-29-18-23(30-26)20-14-12-19(13-15-20)22-10-5-6-16-28-22/h2-6,8-10,12-16,18,24-25H,7,11,17H2,1H3,(H,29,30)/t24-,25+/m0/s1. The third kappa shape index (κ3) is 4.30. The number of hydrogen-bond acceptors (Lipinski definition) is 4. The lowest BCUT2D eigenvalue weighted by Gasteiger charge is -2.27. The van der Waals surface area contributed by atoms with Crippen molar-refractivity contribution in [3.8, 4) is 22.5 Å². The van der Waals surface area contributed by atoms with E-state index in [0.29, 0.717) is 6.54 Å². The van der Waals surface area contributed by atoms with E-state index in [1.807, 2.05) is 59.6 Å². The molecule has 2 aromatic carbocycles. The Labute approximate surface area is 193 Å². The molecule has 1 aliphatic heterocycles. The summed E-state index contributed by atoms with van der Waals surface area (Å²) in [5.41, 5.74) is 4.86. The number of pyridine rings is 1. The van der Waals surface area contributed by atoms with Gasteiger partial charge in [0.25, 0.3) is 5.91 Å². The maximum absolute atomic E-state index is 13.4. The maximum Gasteiger partial charge on any atom is 0.256 e. The zero-order valence-corrected chi connectivity index (χ0v) is 18.5. The van der Waals surface area contributed by atoms with Gasteiger partial charge in [-0.1, -0.05) is 60.7 Å². The molecule has 0 unspecified atom stereocenters. The number of aromatic amines is 1. The summed E-state index contributed by atoms with van der Waals surface area (Å²) in [7, 11) is 1.58. The summed E-state index contributed by atoms with van der Waals surface area (Å²) < 4.78 is 5.59. The lowest BCUT2D eigenvalue weighted by atomic mass is 10.1. The molecular formula is C27H26N4O2. The van der Waals surface area contributed by atoms with E-state index in [9.17, 15) is 4.79 Å². The van der Waals surface area contributed by atoms with Crippen molar-refractivity contribution in [1.82, 2.24) is 19.9 Å². The van der Waals surface area contributed by atoms with Crippen LogP contribution in [0.5, 0.6) is 0 Å². The first-order chi connectivity index (χ1) is 16.2. The lowest BCUT2D eigenvalue weighted by Crippen LogP contribution is -2.35. The summed E-state index contributed by atoms with van der Waals surface area (Å²) in [6.07, 6.45) is 4.85. The van der Waals surface area contributed by atoms with Crippen LogP contribution in [0.15, 0.2) is 85.2 Å². The van der Waals surface area contributed by atoms with Gasteiger partial charge in [0, 0.05) is 25.4 Å². The van der Waals surface area contributed by atoms with Crippen LogP contribution in [-0.4, -0.2) is 39.4 Å². The second-order valence-corrected chi connectivity index (χ2v) is 8.19. The van der Waals surface area contributed by atoms with Gasteiger partial charge in [0.05, 0.1) is 23.6 Å². The van der Waals surface area contributed by atoms with Gasteiger partial charge in [-0.25, -0.2) is 4.98 Å². The number of H-pyrrole nitrogens is 1. The summed E-state index contributed by atoms with van der Waals surface area (Å²) in [5.74, 6) is 0.788. The van der Waals surface area contributed by atoms with Gasteiger partial charge in [-0.15, -0.1) is 0 Å². The first kappa shape index (κ1) is 21.1. The number of methoxy groups -OCH3 is 1. The molecule has 1 N–H and O–H groups in total. The van der Waals surface area contributed by atoms with Crippen molar-refractivity contribution >= 4 is 5.91 Å². The quantitative estimate of drug-likeness (QED) is 0.450. The van der Waals surface area contributed by atoms with E-state index in [0.717, 1.165) is 46.7 Å². The van der Waals surface area contributed by atoms with Crippen LogP contribution < -0.4 is 0 Å². The number of aromatic nitrogens is 3. The van der Waals surface area contributed by atoms with Gasteiger partial charge >= 0.3 is 0 Å². The predicted octanol–water partition coefficient (Wildman–Crippen LogP) is 5.19. The summed E-state index contributed by atoms with van der Waals surface area (Å²) >= 11 is 0. The predicted molar refractivity (Wildman–Crippen MR) is 127 cm³/mol. The smallest absolute Gasteiger partial charge is 0.256 e. The summed E-state index contributed by atoms with van der Waals surface area (Å²) in [6, 6.07) is 23.7. The van der Waals surface area contributed by atoms with Gasteiger partial charge in [-0.3, -0.25) is 9.78 Å². The van der Waals surface area contributed by atoms with Crippen molar-refractivity contribution in [2.45, 2.75) is 25.0 Å². The molecule has 0 saturated carbocycles. The van der Waals surface area contributed by atoms with E-state index in [1.54, 1.807) is 13.3 Å².